The zero-order valence-corrected chi connectivity index (χ0v) is 14.7. The highest BCUT2D eigenvalue weighted by Crippen LogP contribution is 2.29. The van der Waals surface area contributed by atoms with Gasteiger partial charge >= 0.3 is 0 Å². The molecule has 2 atom stereocenters. The first-order valence-electron chi connectivity index (χ1n) is 8.92. The van der Waals surface area contributed by atoms with Gasteiger partial charge in [-0.1, -0.05) is 36.8 Å². The molecule has 25 heavy (non-hydrogen) atoms. The van der Waals surface area contributed by atoms with Crippen molar-refractivity contribution in [2.45, 2.75) is 38.3 Å². The lowest BCUT2D eigenvalue weighted by atomic mass is 9.85. The molecule has 1 saturated carbocycles. The Morgan fingerprint density at radius 2 is 1.84 bits per heavy atom. The van der Waals surface area contributed by atoms with Crippen molar-refractivity contribution >= 4 is 11.6 Å². The molecule has 0 heterocycles. The van der Waals surface area contributed by atoms with Crippen LogP contribution < -0.4 is 15.4 Å². The first kappa shape index (κ1) is 17.5. The minimum Gasteiger partial charge on any atom is -0.497 e. The lowest BCUT2D eigenvalue weighted by Gasteiger charge is -2.31. The van der Waals surface area contributed by atoms with Crippen molar-refractivity contribution in [3.8, 4) is 5.75 Å². The Morgan fingerprint density at radius 3 is 2.48 bits per heavy atom. The Morgan fingerprint density at radius 1 is 1.12 bits per heavy atom. The van der Waals surface area contributed by atoms with Crippen LogP contribution in [-0.4, -0.2) is 19.1 Å². The third kappa shape index (κ3) is 4.40. The highest BCUT2D eigenvalue weighted by molar-refractivity contribution is 5.95. The molecule has 1 aliphatic carbocycles. The van der Waals surface area contributed by atoms with E-state index in [0.717, 1.165) is 42.7 Å². The van der Waals surface area contributed by atoms with Crippen molar-refractivity contribution < 1.29 is 9.53 Å². The molecule has 2 aromatic rings. The second kappa shape index (κ2) is 8.17. The van der Waals surface area contributed by atoms with Gasteiger partial charge in [0.2, 0.25) is 5.91 Å². The molecular weight excluding hydrogens is 312 g/mol. The Balaban J connectivity index is 1.86. The van der Waals surface area contributed by atoms with Gasteiger partial charge in [-0.3, -0.25) is 4.79 Å². The van der Waals surface area contributed by atoms with Gasteiger partial charge in [0, 0.05) is 17.6 Å². The molecule has 2 unspecified atom stereocenters. The molecule has 0 aromatic heterocycles. The standard InChI is InChI=1S/C21H26N2O2/c1-25-20-12-10-19(11-13-20)23(15-16-6-3-2-4-7-16)21(24)17-8-5-9-18(22)14-17/h2-4,6-7,10-13,17-18H,5,8-9,14-15,22H2,1H3. The summed E-state index contributed by atoms with van der Waals surface area (Å²) in [5.74, 6) is 0.967. The maximum atomic E-state index is 13.2. The Bertz CT molecular complexity index is 685. The molecule has 4 nitrogen and oxygen atoms in total. The molecule has 1 fully saturated rings. The molecule has 1 aliphatic rings. The average Bonchev–Trinajstić information content (AvgIpc) is 2.66. The van der Waals surface area contributed by atoms with Gasteiger partial charge in [0.15, 0.2) is 0 Å². The highest BCUT2D eigenvalue weighted by Gasteiger charge is 2.29. The van der Waals surface area contributed by atoms with Gasteiger partial charge in [0.05, 0.1) is 13.7 Å². The quantitative estimate of drug-likeness (QED) is 0.903. The van der Waals surface area contributed by atoms with Crippen LogP contribution in [0.5, 0.6) is 5.75 Å². The van der Waals surface area contributed by atoms with Gasteiger partial charge in [0.1, 0.15) is 5.75 Å². The zero-order chi connectivity index (χ0) is 17.6. The van der Waals surface area contributed by atoms with E-state index in [1.54, 1.807) is 7.11 Å². The molecule has 0 saturated heterocycles. The van der Waals surface area contributed by atoms with Crippen LogP contribution in [0.25, 0.3) is 0 Å². The number of benzene rings is 2. The molecule has 0 radical (unpaired) electrons. The van der Waals surface area contributed by atoms with Crippen molar-refractivity contribution in [2.24, 2.45) is 11.7 Å². The molecule has 2 aromatic carbocycles. The van der Waals surface area contributed by atoms with Gasteiger partial charge in [-0.2, -0.15) is 0 Å². The van der Waals surface area contributed by atoms with E-state index in [-0.39, 0.29) is 17.9 Å². The number of methoxy groups -OCH3 is 1. The fourth-order valence-corrected chi connectivity index (χ4v) is 3.50. The summed E-state index contributed by atoms with van der Waals surface area (Å²) in [5, 5.41) is 0. The molecule has 0 bridgehead atoms. The topological polar surface area (TPSA) is 55.6 Å². The molecular formula is C21H26N2O2. The van der Waals surface area contributed by atoms with E-state index in [0.29, 0.717) is 6.54 Å². The second-order valence-electron chi connectivity index (χ2n) is 6.73. The molecule has 0 aliphatic heterocycles. The number of nitrogens with zero attached hydrogens (tertiary/aromatic N) is 1. The van der Waals surface area contributed by atoms with Crippen LogP contribution in [0.15, 0.2) is 54.6 Å². The summed E-state index contributed by atoms with van der Waals surface area (Å²) in [6.07, 6.45) is 3.75. The number of anilines is 1. The first-order chi connectivity index (χ1) is 12.2. The van der Waals surface area contributed by atoms with E-state index in [2.05, 4.69) is 12.1 Å². The fraction of sp³-hybridized carbons (Fsp3) is 0.381. The summed E-state index contributed by atoms with van der Waals surface area (Å²) in [5.41, 5.74) is 8.12. The predicted molar refractivity (Wildman–Crippen MR) is 101 cm³/mol. The number of hydrogen-bond acceptors (Lipinski definition) is 3. The third-order valence-corrected chi connectivity index (χ3v) is 4.90. The Kier molecular flexibility index (Phi) is 5.71. The zero-order valence-electron chi connectivity index (χ0n) is 14.7. The predicted octanol–water partition coefficient (Wildman–Crippen LogP) is 3.75. The van der Waals surface area contributed by atoms with E-state index in [9.17, 15) is 4.79 Å². The number of amides is 1. The van der Waals surface area contributed by atoms with Crippen LogP contribution >= 0.6 is 0 Å². The van der Waals surface area contributed by atoms with E-state index in [1.165, 1.54) is 0 Å². The van der Waals surface area contributed by atoms with Gasteiger partial charge in [-0.15, -0.1) is 0 Å². The van der Waals surface area contributed by atoms with Crippen LogP contribution in [0.3, 0.4) is 0 Å². The molecule has 132 valence electrons. The van der Waals surface area contributed by atoms with Crippen molar-refractivity contribution in [1.82, 2.24) is 0 Å². The average molecular weight is 338 g/mol. The van der Waals surface area contributed by atoms with E-state index in [1.807, 2.05) is 47.4 Å². The van der Waals surface area contributed by atoms with Crippen LogP contribution in [0.2, 0.25) is 0 Å². The van der Waals surface area contributed by atoms with Crippen LogP contribution in [0.1, 0.15) is 31.2 Å². The van der Waals surface area contributed by atoms with Gasteiger partial charge in [-0.05, 0) is 49.1 Å². The minimum atomic E-state index is 0.00886. The smallest absolute Gasteiger partial charge is 0.230 e. The van der Waals surface area contributed by atoms with Gasteiger partial charge in [-0.25, -0.2) is 0 Å². The molecule has 1 amide bonds. The maximum Gasteiger partial charge on any atom is 0.230 e. The number of carbonyl (C=O) groups excluding carboxylic acids is 1. The van der Waals surface area contributed by atoms with Crippen molar-refractivity contribution in [1.29, 1.82) is 0 Å². The minimum absolute atomic E-state index is 0.00886. The fourth-order valence-electron chi connectivity index (χ4n) is 3.50. The van der Waals surface area contributed by atoms with Crippen molar-refractivity contribution in [3.05, 3.63) is 60.2 Å². The summed E-state index contributed by atoms with van der Waals surface area (Å²) < 4.78 is 5.24. The maximum absolute atomic E-state index is 13.2. The summed E-state index contributed by atoms with van der Waals surface area (Å²) in [6, 6.07) is 17.9. The SMILES string of the molecule is COc1ccc(N(Cc2ccccc2)C(=O)C2CCCC(N)C2)cc1. The van der Waals surface area contributed by atoms with Crippen molar-refractivity contribution in [2.75, 3.05) is 12.0 Å². The normalized spacial score (nSPS) is 20.1. The number of carbonyl (C=O) groups is 1. The van der Waals surface area contributed by atoms with E-state index >= 15 is 0 Å². The first-order valence-corrected chi connectivity index (χ1v) is 8.92. The second-order valence-corrected chi connectivity index (χ2v) is 6.73. The summed E-state index contributed by atoms with van der Waals surface area (Å²) >= 11 is 0. The monoisotopic (exact) mass is 338 g/mol. The number of nitrogens with two attached hydrogens (primary N) is 1. The largest absolute Gasteiger partial charge is 0.497 e. The third-order valence-electron chi connectivity index (χ3n) is 4.90. The lowest BCUT2D eigenvalue weighted by Crippen LogP contribution is -2.40. The molecule has 4 heteroatoms. The number of rotatable bonds is 5. The highest BCUT2D eigenvalue weighted by atomic mass is 16.5. The summed E-state index contributed by atoms with van der Waals surface area (Å²) in [7, 11) is 1.64. The van der Waals surface area contributed by atoms with Gasteiger partial charge in [0.25, 0.3) is 0 Å². The Hall–Kier alpha value is -2.33. The van der Waals surface area contributed by atoms with E-state index in [4.69, 9.17) is 10.5 Å². The molecule has 0 spiro atoms. The summed E-state index contributed by atoms with van der Waals surface area (Å²) in [4.78, 5) is 15.1. The van der Waals surface area contributed by atoms with Crippen LogP contribution in [0.4, 0.5) is 5.69 Å². The van der Waals surface area contributed by atoms with Crippen molar-refractivity contribution in [3.63, 3.8) is 0 Å². The molecule has 3 rings (SSSR count). The number of hydrogen-bond donors (Lipinski definition) is 1. The van der Waals surface area contributed by atoms with E-state index < -0.39 is 0 Å². The lowest BCUT2D eigenvalue weighted by molar-refractivity contribution is -0.123. The van der Waals surface area contributed by atoms with Gasteiger partial charge < -0.3 is 15.4 Å². The Labute approximate surface area is 149 Å². The van der Waals surface area contributed by atoms with Crippen LogP contribution in [0, 0.1) is 5.92 Å². The van der Waals surface area contributed by atoms with Crippen LogP contribution in [-0.2, 0) is 11.3 Å². The molecule has 2 N–H and O–H groups in total. The number of ether oxygens (including phenoxy) is 1. The summed E-state index contributed by atoms with van der Waals surface area (Å²) in [6.45, 7) is 0.567.